The van der Waals surface area contributed by atoms with E-state index in [0.29, 0.717) is 10.0 Å². The first-order valence-electron chi connectivity index (χ1n) is 6.31. The Labute approximate surface area is 132 Å². The molecule has 104 valence electrons. The number of hydrogen-bond donors (Lipinski definition) is 1. The Morgan fingerprint density at radius 3 is 2.76 bits per heavy atom. The maximum Gasteiger partial charge on any atom is 0.0702 e. The molecular weight excluding hydrogens is 305 g/mol. The van der Waals surface area contributed by atoms with Crippen molar-refractivity contribution < 1.29 is 0 Å². The van der Waals surface area contributed by atoms with Crippen LogP contribution in [0.2, 0.25) is 10.0 Å². The first-order chi connectivity index (χ1) is 10.2. The Bertz CT molecular complexity index is 815. The smallest absolute Gasteiger partial charge is 0.0702 e. The predicted molar refractivity (Wildman–Crippen MR) is 89.4 cm³/mol. The molecule has 0 amide bonds. The van der Waals surface area contributed by atoms with E-state index in [1.54, 1.807) is 24.5 Å². The third-order valence-electron chi connectivity index (χ3n) is 2.95. The van der Waals surface area contributed by atoms with E-state index in [0.717, 1.165) is 22.2 Å². The summed E-state index contributed by atoms with van der Waals surface area (Å²) in [6.45, 7) is 0. The van der Waals surface area contributed by atoms with E-state index in [2.05, 4.69) is 15.5 Å². The number of fused-ring (bicyclic) bond motifs is 1. The van der Waals surface area contributed by atoms with E-state index in [1.165, 1.54) is 0 Å². The second-order valence-corrected chi connectivity index (χ2v) is 5.27. The van der Waals surface area contributed by atoms with Crippen LogP contribution in [0, 0.1) is 0 Å². The Morgan fingerprint density at radius 1 is 1.00 bits per heavy atom. The van der Waals surface area contributed by atoms with E-state index < -0.39 is 0 Å². The summed E-state index contributed by atoms with van der Waals surface area (Å²) < 4.78 is 0. The number of halogens is 2. The number of pyridine rings is 1. The van der Waals surface area contributed by atoms with Crippen molar-refractivity contribution in [1.82, 2.24) is 4.98 Å². The van der Waals surface area contributed by atoms with Crippen LogP contribution in [0.4, 0.5) is 5.69 Å². The standard InChI is InChI=1S/C16H11Cl2N3/c17-14-5-4-13(9-15(14)18)21-20-10-11-3-6-16-12(8-11)2-1-7-19-16/h1-10,21H/b20-10+. The Balaban J connectivity index is 1.76. The number of anilines is 1. The highest BCUT2D eigenvalue weighted by molar-refractivity contribution is 6.42. The highest BCUT2D eigenvalue weighted by Gasteiger charge is 1.98. The molecule has 0 aliphatic rings. The van der Waals surface area contributed by atoms with Gasteiger partial charge in [0.1, 0.15) is 0 Å². The van der Waals surface area contributed by atoms with Gasteiger partial charge in [0, 0.05) is 11.6 Å². The third-order valence-corrected chi connectivity index (χ3v) is 3.69. The van der Waals surface area contributed by atoms with Crippen LogP contribution >= 0.6 is 23.2 Å². The van der Waals surface area contributed by atoms with Gasteiger partial charge in [0.2, 0.25) is 0 Å². The molecule has 0 spiro atoms. The monoisotopic (exact) mass is 315 g/mol. The average Bonchev–Trinajstić information content (AvgIpc) is 2.51. The van der Waals surface area contributed by atoms with E-state index in [-0.39, 0.29) is 0 Å². The fourth-order valence-corrected chi connectivity index (χ4v) is 2.22. The van der Waals surface area contributed by atoms with Gasteiger partial charge >= 0.3 is 0 Å². The molecule has 0 bridgehead atoms. The molecule has 0 saturated heterocycles. The first kappa shape index (κ1) is 13.9. The van der Waals surface area contributed by atoms with Gasteiger partial charge in [-0.3, -0.25) is 10.4 Å². The number of aromatic nitrogens is 1. The molecule has 1 N–H and O–H groups in total. The molecule has 2 aromatic carbocycles. The Morgan fingerprint density at radius 2 is 1.90 bits per heavy atom. The molecule has 0 aliphatic heterocycles. The maximum absolute atomic E-state index is 5.94. The summed E-state index contributed by atoms with van der Waals surface area (Å²) in [4.78, 5) is 4.28. The van der Waals surface area contributed by atoms with Crippen LogP contribution in [-0.4, -0.2) is 11.2 Å². The lowest BCUT2D eigenvalue weighted by Crippen LogP contribution is -1.91. The molecule has 3 nitrogen and oxygen atoms in total. The molecule has 0 radical (unpaired) electrons. The number of rotatable bonds is 3. The summed E-state index contributed by atoms with van der Waals surface area (Å²) in [5, 5.41) is 6.29. The molecule has 3 rings (SSSR count). The van der Waals surface area contributed by atoms with E-state index in [4.69, 9.17) is 23.2 Å². The van der Waals surface area contributed by atoms with Crippen molar-refractivity contribution in [3.63, 3.8) is 0 Å². The van der Waals surface area contributed by atoms with Gasteiger partial charge in [-0.2, -0.15) is 5.10 Å². The first-order valence-corrected chi connectivity index (χ1v) is 7.07. The fourth-order valence-electron chi connectivity index (χ4n) is 1.92. The molecule has 21 heavy (non-hydrogen) atoms. The largest absolute Gasteiger partial charge is 0.278 e. The molecule has 1 heterocycles. The van der Waals surface area contributed by atoms with Gasteiger partial charge in [-0.25, -0.2) is 0 Å². The van der Waals surface area contributed by atoms with Crippen molar-refractivity contribution in [2.75, 3.05) is 5.43 Å². The molecule has 1 aromatic heterocycles. The molecule has 0 unspecified atom stereocenters. The number of benzene rings is 2. The van der Waals surface area contributed by atoms with Crippen molar-refractivity contribution in [1.29, 1.82) is 0 Å². The van der Waals surface area contributed by atoms with Gasteiger partial charge < -0.3 is 0 Å². The molecule has 0 fully saturated rings. The SMILES string of the molecule is Clc1ccc(N/N=C/c2ccc3ncccc3c2)cc1Cl. The number of nitrogens with one attached hydrogen (secondary N) is 1. The van der Waals surface area contributed by atoms with Crippen LogP contribution in [0.1, 0.15) is 5.56 Å². The van der Waals surface area contributed by atoms with Crippen molar-refractivity contribution >= 4 is 46.0 Å². The molecule has 0 atom stereocenters. The summed E-state index contributed by atoms with van der Waals surface area (Å²) in [6.07, 6.45) is 3.52. The van der Waals surface area contributed by atoms with Crippen LogP contribution < -0.4 is 5.43 Å². The fraction of sp³-hybridized carbons (Fsp3) is 0. The topological polar surface area (TPSA) is 37.3 Å². The Kier molecular flexibility index (Phi) is 4.04. The van der Waals surface area contributed by atoms with Crippen LogP contribution in [0.5, 0.6) is 0 Å². The zero-order valence-corrected chi connectivity index (χ0v) is 12.4. The number of hydrogen-bond acceptors (Lipinski definition) is 3. The summed E-state index contributed by atoms with van der Waals surface area (Å²) in [5.74, 6) is 0. The van der Waals surface area contributed by atoms with Gasteiger partial charge in [0.25, 0.3) is 0 Å². The summed E-state index contributed by atoms with van der Waals surface area (Å²) in [7, 11) is 0. The van der Waals surface area contributed by atoms with Gasteiger partial charge in [-0.05, 0) is 42.0 Å². The quantitative estimate of drug-likeness (QED) is 0.546. The third kappa shape index (κ3) is 3.32. The van der Waals surface area contributed by atoms with Crippen molar-refractivity contribution in [2.45, 2.75) is 0 Å². The van der Waals surface area contributed by atoms with Crippen molar-refractivity contribution in [3.05, 3.63) is 70.3 Å². The van der Waals surface area contributed by atoms with Gasteiger partial charge in [0.05, 0.1) is 27.5 Å². The van der Waals surface area contributed by atoms with Crippen LogP contribution in [0.15, 0.2) is 59.8 Å². The Hall–Kier alpha value is -2.10. The lowest BCUT2D eigenvalue weighted by atomic mass is 10.1. The minimum atomic E-state index is 0.494. The summed E-state index contributed by atoms with van der Waals surface area (Å²) >= 11 is 11.8. The highest BCUT2D eigenvalue weighted by Crippen LogP contribution is 2.24. The highest BCUT2D eigenvalue weighted by atomic mass is 35.5. The van der Waals surface area contributed by atoms with E-state index in [9.17, 15) is 0 Å². The molecular formula is C16H11Cl2N3. The van der Waals surface area contributed by atoms with Gasteiger partial charge in [-0.1, -0.05) is 35.3 Å². The molecule has 0 aliphatic carbocycles. The zero-order valence-electron chi connectivity index (χ0n) is 10.9. The predicted octanol–water partition coefficient (Wildman–Crippen LogP) is 4.99. The molecule has 3 aromatic rings. The zero-order chi connectivity index (χ0) is 14.7. The number of hydrazone groups is 1. The number of nitrogens with zero attached hydrogens (tertiary/aromatic N) is 2. The normalized spacial score (nSPS) is 11.1. The van der Waals surface area contributed by atoms with E-state index in [1.807, 2.05) is 36.4 Å². The minimum absolute atomic E-state index is 0.494. The second kappa shape index (κ2) is 6.12. The lowest BCUT2D eigenvalue weighted by Gasteiger charge is -2.02. The minimum Gasteiger partial charge on any atom is -0.278 e. The van der Waals surface area contributed by atoms with Gasteiger partial charge in [-0.15, -0.1) is 0 Å². The van der Waals surface area contributed by atoms with Crippen molar-refractivity contribution in [2.24, 2.45) is 5.10 Å². The average molecular weight is 316 g/mol. The molecule has 5 heteroatoms. The summed E-state index contributed by atoms with van der Waals surface area (Å²) in [5.41, 5.74) is 5.65. The van der Waals surface area contributed by atoms with Crippen molar-refractivity contribution in [3.8, 4) is 0 Å². The van der Waals surface area contributed by atoms with Crippen LogP contribution in [0.3, 0.4) is 0 Å². The van der Waals surface area contributed by atoms with E-state index >= 15 is 0 Å². The lowest BCUT2D eigenvalue weighted by molar-refractivity contribution is 1.35. The van der Waals surface area contributed by atoms with Crippen LogP contribution in [0.25, 0.3) is 10.9 Å². The maximum atomic E-state index is 5.94. The summed E-state index contributed by atoms with van der Waals surface area (Å²) in [6, 6.07) is 15.2. The second-order valence-electron chi connectivity index (χ2n) is 4.45. The van der Waals surface area contributed by atoms with Crippen LogP contribution in [-0.2, 0) is 0 Å². The molecule has 0 saturated carbocycles. The van der Waals surface area contributed by atoms with Gasteiger partial charge in [0.15, 0.2) is 0 Å².